The highest BCUT2D eigenvalue weighted by atomic mass is 16.5. The number of aliphatic hydroxyl groups excluding tert-OH is 1. The highest BCUT2D eigenvalue weighted by molar-refractivity contribution is 5.28. The van der Waals surface area contributed by atoms with E-state index in [0.717, 1.165) is 13.1 Å². The maximum Gasteiger partial charge on any atom is 0.266 e. The first-order valence-electron chi connectivity index (χ1n) is 4.84. The molecule has 0 radical (unpaired) electrons. The molecule has 2 rings (SSSR count). The molecule has 1 aliphatic rings. The first-order valence-corrected chi connectivity index (χ1v) is 4.84. The standard InChI is InChI=1S/C8H14N4O3/c9-6(5-13)7-10-8(11-15-7)12-1-3-14-4-2-12/h6,13H,1-5,9H2. The molecule has 84 valence electrons. The predicted molar refractivity (Wildman–Crippen MR) is 51.3 cm³/mol. The minimum Gasteiger partial charge on any atom is -0.394 e. The molecule has 1 atom stereocenters. The normalized spacial score (nSPS) is 19.2. The topological polar surface area (TPSA) is 97.6 Å². The highest BCUT2D eigenvalue weighted by Gasteiger charge is 2.19. The van der Waals surface area contributed by atoms with Crippen LogP contribution in [0.4, 0.5) is 5.95 Å². The SMILES string of the molecule is NC(CO)c1nc(N2CCOCC2)no1. The van der Waals surface area contributed by atoms with Gasteiger partial charge in [0.25, 0.3) is 5.95 Å². The molecule has 1 unspecified atom stereocenters. The molecule has 0 aromatic carbocycles. The van der Waals surface area contributed by atoms with Gasteiger partial charge in [-0.25, -0.2) is 0 Å². The van der Waals surface area contributed by atoms with E-state index in [1.54, 1.807) is 0 Å². The van der Waals surface area contributed by atoms with Gasteiger partial charge < -0.3 is 25.0 Å². The third-order valence-corrected chi connectivity index (χ3v) is 2.24. The van der Waals surface area contributed by atoms with Crippen LogP contribution in [0.2, 0.25) is 0 Å². The van der Waals surface area contributed by atoms with Crippen LogP contribution in [-0.4, -0.2) is 48.2 Å². The number of rotatable bonds is 3. The van der Waals surface area contributed by atoms with Crippen molar-refractivity contribution in [2.45, 2.75) is 6.04 Å². The minimum absolute atomic E-state index is 0.204. The molecule has 1 aromatic heterocycles. The third kappa shape index (κ3) is 2.25. The molecule has 7 heteroatoms. The third-order valence-electron chi connectivity index (χ3n) is 2.24. The largest absolute Gasteiger partial charge is 0.394 e. The Bertz CT molecular complexity index is 311. The summed E-state index contributed by atoms with van der Waals surface area (Å²) in [5, 5.41) is 12.6. The zero-order valence-electron chi connectivity index (χ0n) is 8.30. The Morgan fingerprint density at radius 3 is 2.87 bits per heavy atom. The second-order valence-corrected chi connectivity index (χ2v) is 3.32. The highest BCUT2D eigenvalue weighted by Crippen LogP contribution is 2.14. The summed E-state index contributed by atoms with van der Waals surface area (Å²) in [6.45, 7) is 2.61. The van der Waals surface area contributed by atoms with Crippen molar-refractivity contribution in [3.05, 3.63) is 5.89 Å². The zero-order valence-corrected chi connectivity index (χ0v) is 8.30. The van der Waals surface area contributed by atoms with Gasteiger partial charge in [0.1, 0.15) is 6.04 Å². The number of aliphatic hydroxyl groups is 1. The van der Waals surface area contributed by atoms with Crippen molar-refractivity contribution in [1.29, 1.82) is 0 Å². The first kappa shape index (κ1) is 10.3. The first-order chi connectivity index (χ1) is 7.31. The van der Waals surface area contributed by atoms with Gasteiger partial charge in [0.15, 0.2) is 0 Å². The second-order valence-electron chi connectivity index (χ2n) is 3.32. The lowest BCUT2D eigenvalue weighted by Gasteiger charge is -2.24. The van der Waals surface area contributed by atoms with E-state index in [9.17, 15) is 0 Å². The number of ether oxygens (including phenoxy) is 1. The van der Waals surface area contributed by atoms with Gasteiger partial charge in [0.05, 0.1) is 19.8 Å². The molecule has 1 fully saturated rings. The van der Waals surface area contributed by atoms with Crippen molar-refractivity contribution in [3.8, 4) is 0 Å². The van der Waals surface area contributed by atoms with Crippen LogP contribution in [0.15, 0.2) is 4.52 Å². The van der Waals surface area contributed by atoms with Crippen LogP contribution in [0, 0.1) is 0 Å². The summed E-state index contributed by atoms with van der Waals surface area (Å²) in [6, 6.07) is -0.604. The summed E-state index contributed by atoms with van der Waals surface area (Å²) in [4.78, 5) is 6.07. The fourth-order valence-electron chi connectivity index (χ4n) is 1.35. The van der Waals surface area contributed by atoms with Gasteiger partial charge in [0, 0.05) is 13.1 Å². The fourth-order valence-corrected chi connectivity index (χ4v) is 1.35. The van der Waals surface area contributed by atoms with E-state index in [4.69, 9.17) is 20.1 Å². The Hall–Kier alpha value is -1.18. The van der Waals surface area contributed by atoms with E-state index in [1.165, 1.54) is 0 Å². The maximum absolute atomic E-state index is 8.82. The van der Waals surface area contributed by atoms with Gasteiger partial charge in [-0.2, -0.15) is 4.98 Å². The quantitative estimate of drug-likeness (QED) is 0.658. The van der Waals surface area contributed by atoms with Crippen molar-refractivity contribution < 1.29 is 14.4 Å². The van der Waals surface area contributed by atoms with Crippen molar-refractivity contribution >= 4 is 5.95 Å². The molecule has 2 heterocycles. The molecule has 15 heavy (non-hydrogen) atoms. The van der Waals surface area contributed by atoms with Crippen LogP contribution < -0.4 is 10.6 Å². The van der Waals surface area contributed by atoms with Crippen LogP contribution in [0.1, 0.15) is 11.9 Å². The summed E-state index contributed by atoms with van der Waals surface area (Å²) in [7, 11) is 0. The fraction of sp³-hybridized carbons (Fsp3) is 0.750. The maximum atomic E-state index is 8.82. The van der Waals surface area contributed by atoms with Crippen molar-refractivity contribution in [1.82, 2.24) is 10.1 Å². The smallest absolute Gasteiger partial charge is 0.266 e. The van der Waals surface area contributed by atoms with E-state index in [-0.39, 0.29) is 12.5 Å². The number of morpholine rings is 1. The molecule has 0 bridgehead atoms. The van der Waals surface area contributed by atoms with Gasteiger partial charge >= 0.3 is 0 Å². The van der Waals surface area contributed by atoms with Crippen LogP contribution in [0.25, 0.3) is 0 Å². The summed E-state index contributed by atoms with van der Waals surface area (Å²) in [5.74, 6) is 0.774. The average Bonchev–Trinajstić information content (AvgIpc) is 2.78. The lowest BCUT2D eigenvalue weighted by Crippen LogP contribution is -2.36. The Kier molecular flexibility index (Phi) is 3.14. The Morgan fingerprint density at radius 2 is 2.20 bits per heavy atom. The molecule has 1 aromatic rings. The zero-order chi connectivity index (χ0) is 10.7. The average molecular weight is 214 g/mol. The molecule has 7 nitrogen and oxygen atoms in total. The molecular weight excluding hydrogens is 200 g/mol. The van der Waals surface area contributed by atoms with Crippen molar-refractivity contribution in [2.75, 3.05) is 37.8 Å². The summed E-state index contributed by atoms with van der Waals surface area (Å²) >= 11 is 0. The van der Waals surface area contributed by atoms with Gasteiger partial charge in [-0.05, 0) is 5.16 Å². The number of hydrogen-bond donors (Lipinski definition) is 2. The second kappa shape index (κ2) is 4.56. The number of hydrogen-bond acceptors (Lipinski definition) is 7. The van der Waals surface area contributed by atoms with Gasteiger partial charge in [0.2, 0.25) is 5.89 Å². The lowest BCUT2D eigenvalue weighted by atomic mass is 10.3. The number of aromatic nitrogens is 2. The Balaban J connectivity index is 2.05. The van der Waals surface area contributed by atoms with Crippen LogP contribution in [-0.2, 0) is 4.74 Å². The number of nitrogens with two attached hydrogens (primary N) is 1. The van der Waals surface area contributed by atoms with Gasteiger partial charge in [-0.3, -0.25) is 0 Å². The van der Waals surface area contributed by atoms with Gasteiger partial charge in [-0.15, -0.1) is 0 Å². The van der Waals surface area contributed by atoms with E-state index < -0.39 is 6.04 Å². The monoisotopic (exact) mass is 214 g/mol. The summed E-state index contributed by atoms with van der Waals surface area (Å²) < 4.78 is 10.1. The summed E-state index contributed by atoms with van der Waals surface area (Å²) in [6.07, 6.45) is 0. The van der Waals surface area contributed by atoms with Crippen molar-refractivity contribution in [2.24, 2.45) is 5.73 Å². The van der Waals surface area contributed by atoms with Gasteiger partial charge in [-0.1, -0.05) is 0 Å². The molecule has 0 amide bonds. The molecule has 0 aliphatic carbocycles. The molecular formula is C8H14N4O3. The van der Waals surface area contributed by atoms with Crippen LogP contribution in [0.5, 0.6) is 0 Å². The predicted octanol–water partition coefficient (Wildman–Crippen LogP) is -1.10. The molecule has 0 saturated carbocycles. The molecule has 0 spiro atoms. The van der Waals surface area contributed by atoms with Crippen LogP contribution in [0.3, 0.4) is 0 Å². The summed E-state index contributed by atoms with van der Waals surface area (Å²) in [5.41, 5.74) is 5.55. The van der Waals surface area contributed by atoms with Crippen LogP contribution >= 0.6 is 0 Å². The van der Waals surface area contributed by atoms with E-state index in [2.05, 4.69) is 10.1 Å². The lowest BCUT2D eigenvalue weighted by molar-refractivity contribution is 0.121. The van der Waals surface area contributed by atoms with E-state index in [0.29, 0.717) is 19.2 Å². The number of anilines is 1. The Labute approximate surface area is 86.8 Å². The van der Waals surface area contributed by atoms with E-state index >= 15 is 0 Å². The minimum atomic E-state index is -0.604. The Morgan fingerprint density at radius 1 is 1.47 bits per heavy atom. The number of nitrogens with zero attached hydrogens (tertiary/aromatic N) is 3. The molecule has 3 N–H and O–H groups in total. The molecule has 1 aliphatic heterocycles. The van der Waals surface area contributed by atoms with E-state index in [1.807, 2.05) is 4.90 Å². The molecule has 1 saturated heterocycles. The van der Waals surface area contributed by atoms with Crippen molar-refractivity contribution in [3.63, 3.8) is 0 Å².